The Morgan fingerprint density at radius 3 is 2.48 bits per heavy atom. The maximum absolute atomic E-state index is 12.5. The van der Waals surface area contributed by atoms with Crippen LogP contribution in [0.15, 0.2) is 0 Å². The fraction of sp³-hybridized carbons (Fsp3) is 0.875. The smallest absolute Gasteiger partial charge is 0.329 e. The molecule has 2 heterocycles. The predicted molar refractivity (Wildman–Crippen MR) is 88.6 cm³/mol. The molecule has 4 atom stereocenters. The first-order valence-electron chi connectivity index (χ1n) is 8.26. The summed E-state index contributed by atoms with van der Waals surface area (Å²) in [5.74, 6) is -0.977. The fourth-order valence-electron chi connectivity index (χ4n) is 3.60. The molecule has 0 aromatic carbocycles. The van der Waals surface area contributed by atoms with Gasteiger partial charge in [-0.05, 0) is 40.2 Å². The van der Waals surface area contributed by atoms with Crippen molar-refractivity contribution in [2.75, 3.05) is 0 Å². The summed E-state index contributed by atoms with van der Waals surface area (Å²) in [6.07, 6.45) is -0.592. The van der Waals surface area contributed by atoms with Crippen molar-refractivity contribution in [3.05, 3.63) is 0 Å². The molecule has 0 saturated carbocycles. The molecule has 0 aromatic heterocycles. The van der Waals surface area contributed by atoms with Crippen LogP contribution in [0.2, 0.25) is 25.2 Å². The highest BCUT2D eigenvalue weighted by Gasteiger charge is 2.67. The minimum atomic E-state index is -1.77. The van der Waals surface area contributed by atoms with Gasteiger partial charge in [0.15, 0.2) is 5.60 Å². The normalized spacial score (nSPS) is 35.0. The van der Waals surface area contributed by atoms with Gasteiger partial charge < -0.3 is 19.8 Å². The van der Waals surface area contributed by atoms with Crippen LogP contribution in [0.25, 0.3) is 0 Å². The largest absolute Gasteiger partial charge is 0.458 e. The van der Waals surface area contributed by atoms with Gasteiger partial charge in [0, 0.05) is 8.07 Å². The van der Waals surface area contributed by atoms with Gasteiger partial charge in [0.05, 0.1) is 12.1 Å². The summed E-state index contributed by atoms with van der Waals surface area (Å²) < 4.78 is 5.47. The van der Waals surface area contributed by atoms with Crippen molar-refractivity contribution in [1.29, 1.82) is 0 Å². The van der Waals surface area contributed by atoms with Crippen molar-refractivity contribution in [1.82, 2.24) is 4.90 Å². The van der Waals surface area contributed by atoms with Crippen LogP contribution < -0.4 is 0 Å². The summed E-state index contributed by atoms with van der Waals surface area (Å²) in [6, 6.07) is 0.392. The number of aliphatic hydroxyl groups is 2. The number of amides is 1. The summed E-state index contributed by atoms with van der Waals surface area (Å²) in [5.41, 5.74) is -2.39. The first-order chi connectivity index (χ1) is 10.3. The number of ether oxygens (including phenoxy) is 1. The van der Waals surface area contributed by atoms with E-state index in [1.165, 1.54) is 11.8 Å². The van der Waals surface area contributed by atoms with E-state index in [9.17, 15) is 19.8 Å². The number of aliphatic hydroxyl groups excluding tert-OH is 1. The Kier molecular flexibility index (Phi) is 4.45. The lowest BCUT2D eigenvalue weighted by Gasteiger charge is -2.56. The second-order valence-electron chi connectivity index (χ2n) is 8.69. The molecule has 2 N–H and O–H groups in total. The fourth-order valence-corrected chi connectivity index (χ4v) is 6.41. The maximum atomic E-state index is 12.5. The Morgan fingerprint density at radius 1 is 1.43 bits per heavy atom. The summed E-state index contributed by atoms with van der Waals surface area (Å²) in [5, 5.41) is 20.6. The third-order valence-corrected chi connectivity index (χ3v) is 8.05. The number of hydrogen-bond acceptors (Lipinski definition) is 5. The van der Waals surface area contributed by atoms with E-state index in [4.69, 9.17) is 4.74 Å². The highest BCUT2D eigenvalue weighted by molar-refractivity contribution is 6.77. The number of β-lactam (4-membered cyclic amide) rings is 1. The number of rotatable bonds is 2. The Hall–Kier alpha value is -0.923. The SMILES string of the molecule is CC(O)C1(O)C(=O)N2[C@H](C(=O)OC(C)(C)C)CC[Si](C)(C)C[C@@H]21. The molecule has 2 rings (SSSR count). The lowest BCUT2D eigenvalue weighted by atomic mass is 9.77. The molecular formula is C16H29NO5Si. The molecule has 2 unspecified atom stereocenters. The number of nitrogens with zero attached hydrogens (tertiary/aromatic N) is 1. The molecule has 1 amide bonds. The van der Waals surface area contributed by atoms with E-state index >= 15 is 0 Å². The van der Waals surface area contributed by atoms with Gasteiger partial charge in [0.25, 0.3) is 5.91 Å². The summed E-state index contributed by atoms with van der Waals surface area (Å²) >= 11 is 0. The Bertz CT molecular complexity index is 513. The van der Waals surface area contributed by atoms with Gasteiger partial charge >= 0.3 is 5.97 Å². The summed E-state index contributed by atoms with van der Waals surface area (Å²) in [4.78, 5) is 26.5. The minimum absolute atomic E-state index is 0.421. The number of carbonyl (C=O) groups is 2. The van der Waals surface area contributed by atoms with Gasteiger partial charge in [0.1, 0.15) is 11.6 Å². The van der Waals surface area contributed by atoms with E-state index in [1.807, 2.05) is 0 Å². The molecule has 0 spiro atoms. The number of carbonyl (C=O) groups excluding carboxylic acids is 2. The maximum Gasteiger partial charge on any atom is 0.329 e. The van der Waals surface area contributed by atoms with Crippen molar-refractivity contribution in [2.45, 2.75) is 88.7 Å². The van der Waals surface area contributed by atoms with Gasteiger partial charge in [-0.25, -0.2) is 4.79 Å². The molecule has 0 aromatic rings. The van der Waals surface area contributed by atoms with Crippen LogP contribution in [-0.2, 0) is 14.3 Å². The van der Waals surface area contributed by atoms with Crippen LogP contribution in [0.5, 0.6) is 0 Å². The highest BCUT2D eigenvalue weighted by Crippen LogP contribution is 2.45. The van der Waals surface area contributed by atoms with Crippen molar-refractivity contribution in [2.24, 2.45) is 0 Å². The lowest BCUT2D eigenvalue weighted by molar-refractivity contribution is -0.218. The quantitative estimate of drug-likeness (QED) is 0.446. The summed E-state index contributed by atoms with van der Waals surface area (Å²) in [7, 11) is -1.68. The zero-order chi connectivity index (χ0) is 17.8. The first kappa shape index (κ1) is 18.4. The molecule has 7 heteroatoms. The zero-order valence-corrected chi connectivity index (χ0v) is 15.9. The van der Waals surface area contributed by atoms with E-state index in [2.05, 4.69) is 13.1 Å². The van der Waals surface area contributed by atoms with E-state index in [1.54, 1.807) is 20.8 Å². The molecule has 23 heavy (non-hydrogen) atoms. The predicted octanol–water partition coefficient (Wildman–Crippen LogP) is 1.13. The second-order valence-corrected chi connectivity index (χ2v) is 13.9. The van der Waals surface area contributed by atoms with Crippen LogP contribution >= 0.6 is 0 Å². The highest BCUT2D eigenvalue weighted by atomic mass is 28.3. The van der Waals surface area contributed by atoms with E-state index < -0.39 is 49.3 Å². The molecule has 2 fully saturated rings. The van der Waals surface area contributed by atoms with Gasteiger partial charge in [-0.2, -0.15) is 0 Å². The Morgan fingerprint density at radius 2 is 2.00 bits per heavy atom. The molecule has 6 nitrogen and oxygen atoms in total. The first-order valence-corrected chi connectivity index (χ1v) is 11.7. The molecule has 2 saturated heterocycles. The van der Waals surface area contributed by atoms with E-state index in [0.717, 1.165) is 6.04 Å². The van der Waals surface area contributed by atoms with Crippen molar-refractivity contribution in [3.8, 4) is 0 Å². The van der Waals surface area contributed by atoms with Crippen LogP contribution in [-0.4, -0.2) is 64.5 Å². The molecule has 0 aliphatic carbocycles. The Balaban J connectivity index is 2.33. The van der Waals surface area contributed by atoms with Crippen molar-refractivity contribution >= 4 is 20.0 Å². The third-order valence-electron chi connectivity index (χ3n) is 4.91. The van der Waals surface area contributed by atoms with Gasteiger partial charge in [-0.15, -0.1) is 0 Å². The molecule has 132 valence electrons. The molecule has 0 bridgehead atoms. The average Bonchev–Trinajstić information content (AvgIpc) is 2.50. The van der Waals surface area contributed by atoms with Gasteiger partial charge in [-0.3, -0.25) is 4.79 Å². The number of fused-ring (bicyclic) bond motifs is 1. The van der Waals surface area contributed by atoms with Gasteiger partial charge in [0.2, 0.25) is 0 Å². The monoisotopic (exact) mass is 343 g/mol. The standard InChI is InChI=1S/C16H29NO5Si/c1-10(18)16(21)12-9-23(5,6)8-7-11(17(12)14(16)20)13(19)22-15(2,3)4/h10-12,18,21H,7-9H2,1-6H3/t10?,11-,12+,16?/m0/s1. The van der Waals surface area contributed by atoms with E-state index in [-0.39, 0.29) is 0 Å². The van der Waals surface area contributed by atoms with E-state index in [0.29, 0.717) is 12.5 Å². The van der Waals surface area contributed by atoms with Crippen molar-refractivity contribution in [3.63, 3.8) is 0 Å². The Labute approximate surface area is 138 Å². The van der Waals surface area contributed by atoms with Crippen LogP contribution in [0, 0.1) is 0 Å². The molecule has 2 aliphatic heterocycles. The lowest BCUT2D eigenvalue weighted by Crippen LogP contribution is -2.80. The van der Waals surface area contributed by atoms with Crippen molar-refractivity contribution < 1.29 is 24.5 Å². The zero-order valence-electron chi connectivity index (χ0n) is 14.9. The minimum Gasteiger partial charge on any atom is -0.458 e. The second kappa shape index (κ2) is 5.56. The topological polar surface area (TPSA) is 87.1 Å². The van der Waals surface area contributed by atoms with Crippen LogP contribution in [0.4, 0.5) is 0 Å². The number of hydrogen-bond donors (Lipinski definition) is 2. The van der Waals surface area contributed by atoms with Crippen LogP contribution in [0.1, 0.15) is 34.1 Å². The molecular weight excluding hydrogens is 314 g/mol. The average molecular weight is 343 g/mol. The molecule has 2 aliphatic rings. The third kappa shape index (κ3) is 3.18. The van der Waals surface area contributed by atoms with Crippen LogP contribution in [0.3, 0.4) is 0 Å². The molecule has 0 radical (unpaired) electrons. The van der Waals surface area contributed by atoms with Gasteiger partial charge in [-0.1, -0.05) is 19.1 Å². The summed E-state index contributed by atoms with van der Waals surface area (Å²) in [6.45, 7) is 11.2. The number of esters is 1.